The summed E-state index contributed by atoms with van der Waals surface area (Å²) in [6, 6.07) is 11.2. The van der Waals surface area contributed by atoms with E-state index in [1.807, 2.05) is 6.07 Å². The number of rotatable bonds is 3. The molecule has 5 rings (SSSR count). The van der Waals surface area contributed by atoms with Crippen molar-refractivity contribution in [3.8, 4) is 0 Å². The summed E-state index contributed by atoms with van der Waals surface area (Å²) in [5.41, 5.74) is 0.916. The van der Waals surface area contributed by atoms with Crippen LogP contribution in [-0.2, 0) is 19.3 Å². The molecule has 2 aromatic carbocycles. The van der Waals surface area contributed by atoms with E-state index in [-0.39, 0.29) is 42.7 Å². The Morgan fingerprint density at radius 1 is 0.972 bits per heavy atom. The molecule has 188 valence electrons. The summed E-state index contributed by atoms with van der Waals surface area (Å²) in [4.78, 5) is 29.3. The van der Waals surface area contributed by atoms with Crippen LogP contribution in [0.15, 0.2) is 42.5 Å². The summed E-state index contributed by atoms with van der Waals surface area (Å²) in [5.74, 6) is -1.78. The number of alkyl halides is 3. The average molecular weight is 500 g/mol. The second-order valence-corrected chi connectivity index (χ2v) is 9.26. The van der Waals surface area contributed by atoms with Crippen LogP contribution < -0.4 is 0 Å². The van der Waals surface area contributed by atoms with Crippen LogP contribution in [0.2, 0.25) is 0 Å². The maximum Gasteiger partial charge on any atom is 0.417 e. The van der Waals surface area contributed by atoms with Gasteiger partial charge in [-0.25, -0.2) is 4.39 Å². The van der Waals surface area contributed by atoms with Crippen LogP contribution in [0.3, 0.4) is 0 Å². The SMILES string of the molecule is Cc1c(F)ccc(C2CCN(C(=O)c3n[nH]c4c3CN(C(=O)c3ccccc3)C4)CC2)c1C(F)(F)F. The van der Waals surface area contributed by atoms with Crippen LogP contribution >= 0.6 is 0 Å². The van der Waals surface area contributed by atoms with Gasteiger partial charge >= 0.3 is 6.18 Å². The molecule has 3 heterocycles. The number of nitrogens with zero attached hydrogens (tertiary/aromatic N) is 3. The molecule has 10 heteroatoms. The Kier molecular flexibility index (Phi) is 6.05. The number of amides is 2. The van der Waals surface area contributed by atoms with Crippen LogP contribution in [0, 0.1) is 12.7 Å². The van der Waals surface area contributed by atoms with Crippen molar-refractivity contribution in [3.05, 3.63) is 87.5 Å². The van der Waals surface area contributed by atoms with Crippen LogP contribution in [0.1, 0.15) is 67.6 Å². The molecular weight excluding hydrogens is 476 g/mol. The molecule has 2 aliphatic rings. The Morgan fingerprint density at radius 2 is 1.67 bits per heavy atom. The Balaban J connectivity index is 1.28. The minimum atomic E-state index is -4.66. The number of hydrogen-bond acceptors (Lipinski definition) is 3. The third kappa shape index (κ3) is 4.25. The number of piperidine rings is 1. The number of aromatic amines is 1. The van der Waals surface area contributed by atoms with Crippen molar-refractivity contribution in [2.75, 3.05) is 13.1 Å². The minimum Gasteiger partial charge on any atom is -0.337 e. The first kappa shape index (κ1) is 24.0. The van der Waals surface area contributed by atoms with Gasteiger partial charge in [-0.1, -0.05) is 24.3 Å². The number of carbonyl (C=O) groups is 2. The molecule has 0 spiro atoms. The lowest BCUT2D eigenvalue weighted by atomic mass is 9.84. The van der Waals surface area contributed by atoms with Gasteiger partial charge in [-0.15, -0.1) is 0 Å². The zero-order valence-corrected chi connectivity index (χ0v) is 19.5. The molecule has 1 saturated heterocycles. The number of carbonyl (C=O) groups excluding carboxylic acids is 2. The van der Waals surface area contributed by atoms with E-state index in [0.717, 1.165) is 13.0 Å². The normalized spacial score (nSPS) is 16.4. The van der Waals surface area contributed by atoms with E-state index in [9.17, 15) is 27.2 Å². The highest BCUT2D eigenvalue weighted by molar-refractivity contribution is 5.96. The van der Waals surface area contributed by atoms with E-state index < -0.39 is 29.0 Å². The first-order valence-electron chi connectivity index (χ1n) is 11.7. The standard InChI is InChI=1S/C26H24F4N4O2/c1-15-20(27)8-7-18(22(15)26(28,29)30)16-9-11-33(12-10-16)25(36)23-19-13-34(14-21(19)31-32-23)24(35)17-5-3-2-4-6-17/h2-8,16H,9-14H2,1H3,(H,31,32). The summed E-state index contributed by atoms with van der Waals surface area (Å²) in [5, 5.41) is 7.04. The number of halogens is 4. The van der Waals surface area contributed by atoms with Crippen molar-refractivity contribution in [2.45, 2.75) is 44.9 Å². The molecule has 3 aromatic rings. The van der Waals surface area contributed by atoms with Gasteiger partial charge < -0.3 is 9.80 Å². The van der Waals surface area contributed by atoms with Gasteiger partial charge in [0.25, 0.3) is 11.8 Å². The Labute approximate surface area is 204 Å². The summed E-state index contributed by atoms with van der Waals surface area (Å²) in [7, 11) is 0. The molecule has 2 amide bonds. The molecule has 2 aliphatic heterocycles. The van der Waals surface area contributed by atoms with Crippen LogP contribution in [0.4, 0.5) is 17.6 Å². The number of aromatic nitrogens is 2. The fourth-order valence-electron chi connectivity index (χ4n) is 5.19. The van der Waals surface area contributed by atoms with Gasteiger partial charge in [-0.05, 0) is 55.0 Å². The van der Waals surface area contributed by atoms with Crippen molar-refractivity contribution in [2.24, 2.45) is 0 Å². The summed E-state index contributed by atoms with van der Waals surface area (Å²) in [6.45, 7) is 2.22. The molecule has 0 aliphatic carbocycles. The molecule has 0 bridgehead atoms. The molecule has 0 atom stereocenters. The first-order valence-corrected chi connectivity index (χ1v) is 11.7. The quantitative estimate of drug-likeness (QED) is 0.512. The van der Waals surface area contributed by atoms with Gasteiger partial charge in [0.15, 0.2) is 5.69 Å². The van der Waals surface area contributed by atoms with E-state index in [1.165, 1.54) is 6.07 Å². The van der Waals surface area contributed by atoms with Crippen LogP contribution in [0.25, 0.3) is 0 Å². The molecule has 0 radical (unpaired) electrons. The molecule has 0 saturated carbocycles. The number of nitrogens with one attached hydrogen (secondary N) is 1. The molecule has 36 heavy (non-hydrogen) atoms. The summed E-state index contributed by atoms with van der Waals surface area (Å²) < 4.78 is 54.9. The van der Waals surface area contributed by atoms with Gasteiger partial charge in [-0.2, -0.15) is 18.3 Å². The van der Waals surface area contributed by atoms with Crippen LogP contribution in [0.5, 0.6) is 0 Å². The van der Waals surface area contributed by atoms with E-state index in [1.54, 1.807) is 34.1 Å². The second kappa shape index (κ2) is 9.07. The largest absolute Gasteiger partial charge is 0.417 e. The predicted octanol–water partition coefficient (Wildman–Crippen LogP) is 5.05. The lowest BCUT2D eigenvalue weighted by molar-refractivity contribution is -0.139. The second-order valence-electron chi connectivity index (χ2n) is 9.26. The summed E-state index contributed by atoms with van der Waals surface area (Å²) >= 11 is 0. The van der Waals surface area contributed by atoms with E-state index in [2.05, 4.69) is 10.2 Å². The van der Waals surface area contributed by atoms with E-state index in [4.69, 9.17) is 0 Å². The van der Waals surface area contributed by atoms with E-state index in [0.29, 0.717) is 36.2 Å². The molecule has 1 fully saturated rings. The van der Waals surface area contributed by atoms with Gasteiger partial charge in [0.1, 0.15) is 5.82 Å². The average Bonchev–Trinajstić information content (AvgIpc) is 3.46. The van der Waals surface area contributed by atoms with Crippen LogP contribution in [-0.4, -0.2) is 44.9 Å². The lowest BCUT2D eigenvalue weighted by Crippen LogP contribution is -2.39. The Hall–Kier alpha value is -3.69. The maximum absolute atomic E-state index is 13.9. The zero-order valence-electron chi connectivity index (χ0n) is 19.5. The maximum atomic E-state index is 13.9. The third-order valence-corrected chi connectivity index (χ3v) is 7.10. The molecule has 0 unspecified atom stereocenters. The molecular formula is C26H24F4N4O2. The third-order valence-electron chi connectivity index (χ3n) is 7.10. The Bertz CT molecular complexity index is 1310. The highest BCUT2D eigenvalue weighted by atomic mass is 19.4. The molecule has 1 N–H and O–H groups in total. The molecule has 6 nitrogen and oxygen atoms in total. The number of hydrogen-bond donors (Lipinski definition) is 1. The zero-order chi connectivity index (χ0) is 25.6. The van der Waals surface area contributed by atoms with Crippen molar-refractivity contribution < 1.29 is 27.2 Å². The monoisotopic (exact) mass is 500 g/mol. The van der Waals surface area contributed by atoms with Gasteiger partial charge in [-0.3, -0.25) is 14.7 Å². The van der Waals surface area contributed by atoms with E-state index >= 15 is 0 Å². The minimum absolute atomic E-state index is 0.0734. The highest BCUT2D eigenvalue weighted by Crippen LogP contribution is 2.41. The Morgan fingerprint density at radius 3 is 2.33 bits per heavy atom. The van der Waals surface area contributed by atoms with Crippen molar-refractivity contribution in [1.82, 2.24) is 20.0 Å². The van der Waals surface area contributed by atoms with Gasteiger partial charge in [0.2, 0.25) is 0 Å². The fraction of sp³-hybridized carbons (Fsp3) is 0.346. The lowest BCUT2D eigenvalue weighted by Gasteiger charge is -2.33. The topological polar surface area (TPSA) is 69.3 Å². The van der Waals surface area contributed by atoms with Crippen molar-refractivity contribution in [1.29, 1.82) is 0 Å². The predicted molar refractivity (Wildman–Crippen MR) is 123 cm³/mol. The smallest absolute Gasteiger partial charge is 0.337 e. The van der Waals surface area contributed by atoms with Gasteiger partial charge in [0, 0.05) is 24.2 Å². The highest BCUT2D eigenvalue weighted by Gasteiger charge is 2.39. The fourth-order valence-corrected chi connectivity index (χ4v) is 5.19. The number of H-pyrrole nitrogens is 1. The summed E-state index contributed by atoms with van der Waals surface area (Å²) in [6.07, 6.45) is -4.01. The number of benzene rings is 2. The van der Waals surface area contributed by atoms with Gasteiger partial charge in [0.05, 0.1) is 24.3 Å². The number of likely N-dealkylation sites (tertiary alicyclic amines) is 1. The molecule has 1 aromatic heterocycles. The van der Waals surface area contributed by atoms with Crippen molar-refractivity contribution >= 4 is 11.8 Å². The first-order chi connectivity index (χ1) is 17.1. The number of fused-ring (bicyclic) bond motifs is 1. The van der Waals surface area contributed by atoms with Crippen molar-refractivity contribution in [3.63, 3.8) is 0 Å².